The summed E-state index contributed by atoms with van der Waals surface area (Å²) in [7, 11) is 0. The summed E-state index contributed by atoms with van der Waals surface area (Å²) < 4.78 is 0. The van der Waals surface area contributed by atoms with Crippen molar-refractivity contribution in [2.75, 3.05) is 0 Å². The highest BCUT2D eigenvalue weighted by molar-refractivity contribution is 7.95. The van der Waals surface area contributed by atoms with Crippen LogP contribution in [0.2, 0.25) is 0 Å². The van der Waals surface area contributed by atoms with Gasteiger partial charge in [-0.2, -0.15) is 0 Å². The number of benzene rings is 5. The molecule has 0 radical (unpaired) electrons. The molecule has 0 aliphatic carbocycles. The van der Waals surface area contributed by atoms with Crippen LogP contribution in [0.4, 0.5) is 0 Å². The Bertz CT molecular complexity index is 1710. The predicted molar refractivity (Wildman–Crippen MR) is 173 cm³/mol. The molecule has 3 heteroatoms. The molecule has 0 spiro atoms. The molecular weight excluding hydrogens is 496 g/mol. The van der Waals surface area contributed by atoms with E-state index in [9.17, 15) is 0 Å². The van der Waals surface area contributed by atoms with Gasteiger partial charge in [0.25, 0.3) is 0 Å². The molecule has 0 bridgehead atoms. The van der Waals surface area contributed by atoms with Crippen LogP contribution in [-0.2, 0) is 0 Å². The third kappa shape index (κ3) is 4.10. The molecular formula is C35H29NP2. The zero-order chi connectivity index (χ0) is 26.0. The topological polar surface area (TPSA) is 12.9 Å². The average molecular weight is 526 g/mol. The number of pyridine rings is 1. The third-order valence-electron chi connectivity index (χ3n) is 7.31. The van der Waals surface area contributed by atoms with Crippen LogP contribution >= 0.6 is 13.8 Å². The van der Waals surface area contributed by atoms with Gasteiger partial charge in [-0.15, -0.1) is 0 Å². The Morgan fingerprint density at radius 1 is 0.421 bits per heavy atom. The van der Waals surface area contributed by atoms with Crippen LogP contribution in [0, 0.1) is 0 Å². The maximum atomic E-state index is 5.06. The molecule has 0 amide bonds. The number of nitrogens with zero attached hydrogens (tertiary/aromatic N) is 1. The van der Waals surface area contributed by atoms with Crippen molar-refractivity contribution in [2.24, 2.45) is 0 Å². The monoisotopic (exact) mass is 525 g/mol. The molecule has 38 heavy (non-hydrogen) atoms. The zero-order valence-electron chi connectivity index (χ0n) is 21.2. The Kier molecular flexibility index (Phi) is 6.50. The number of hydrogen-bond acceptors (Lipinski definition) is 1. The highest BCUT2D eigenvalue weighted by atomic mass is 31.2. The van der Waals surface area contributed by atoms with Crippen molar-refractivity contribution < 1.29 is 0 Å². The van der Waals surface area contributed by atoms with Gasteiger partial charge < -0.3 is 0 Å². The summed E-state index contributed by atoms with van der Waals surface area (Å²) >= 11 is 0. The van der Waals surface area contributed by atoms with E-state index in [1.165, 1.54) is 31.8 Å². The molecule has 0 aliphatic heterocycles. The Morgan fingerprint density at radius 2 is 0.842 bits per heavy atom. The van der Waals surface area contributed by atoms with Crippen LogP contribution in [0.5, 0.6) is 0 Å². The molecule has 1 nitrogen and oxygen atoms in total. The Labute approximate surface area is 225 Å². The van der Waals surface area contributed by atoms with Crippen LogP contribution in [0.15, 0.2) is 152 Å². The third-order valence-corrected chi connectivity index (χ3v) is 14.3. The average Bonchev–Trinajstić information content (AvgIpc) is 3.01. The van der Waals surface area contributed by atoms with Gasteiger partial charge in [-0.3, -0.25) is 4.98 Å². The first-order chi connectivity index (χ1) is 18.6. The van der Waals surface area contributed by atoms with Crippen LogP contribution in [-0.4, -0.2) is 17.6 Å². The lowest BCUT2D eigenvalue weighted by molar-refractivity contribution is 1.43. The van der Waals surface area contributed by atoms with E-state index < -0.39 is 13.8 Å². The second kappa shape index (κ2) is 10.1. The van der Waals surface area contributed by atoms with Crippen molar-refractivity contribution in [3.05, 3.63) is 152 Å². The molecule has 0 saturated carbocycles. The minimum atomic E-state index is -2.27. The summed E-state index contributed by atoms with van der Waals surface area (Å²) in [6.07, 6.45) is 12.0. The molecule has 0 saturated heterocycles. The smallest absolute Gasteiger partial charge is 0.0784 e. The normalized spacial score (nSPS) is 11.9. The van der Waals surface area contributed by atoms with Crippen LogP contribution < -0.4 is 31.8 Å². The minimum absolute atomic E-state index is 1.01. The fourth-order valence-electron chi connectivity index (χ4n) is 5.27. The molecule has 6 rings (SSSR count). The van der Waals surface area contributed by atoms with Crippen molar-refractivity contribution in [1.82, 2.24) is 4.98 Å². The molecule has 1 heterocycles. The molecule has 0 unspecified atom stereocenters. The fourth-order valence-corrected chi connectivity index (χ4v) is 11.5. The van der Waals surface area contributed by atoms with E-state index in [1.54, 1.807) is 0 Å². The van der Waals surface area contributed by atoms with Gasteiger partial charge in [0.1, 0.15) is 0 Å². The molecule has 0 fully saturated rings. The van der Waals surface area contributed by atoms with Crippen molar-refractivity contribution >= 4 is 69.1 Å². The first-order valence-corrected chi connectivity index (χ1v) is 16.7. The SMILES string of the molecule is C=P(c1ccccc1)(c1ccccc1)c1cc(P(=C)(c2ccccc2)c2ccccc2)c2ncccc2c1. The lowest BCUT2D eigenvalue weighted by Crippen LogP contribution is -2.31. The molecule has 184 valence electrons. The minimum Gasteiger partial charge on any atom is -0.256 e. The van der Waals surface area contributed by atoms with Crippen LogP contribution in [0.1, 0.15) is 0 Å². The van der Waals surface area contributed by atoms with Gasteiger partial charge in [-0.1, -0.05) is 140 Å². The maximum absolute atomic E-state index is 5.06. The van der Waals surface area contributed by atoms with Crippen molar-refractivity contribution in [2.45, 2.75) is 0 Å². The Hall–Kier alpha value is -3.89. The van der Waals surface area contributed by atoms with E-state index in [0.717, 1.165) is 10.9 Å². The molecule has 1 aromatic heterocycles. The summed E-state index contributed by atoms with van der Waals surface area (Å²) in [5, 5.41) is 8.55. The summed E-state index contributed by atoms with van der Waals surface area (Å²) in [4.78, 5) is 4.95. The second-order valence-corrected chi connectivity index (χ2v) is 15.8. The quantitative estimate of drug-likeness (QED) is 0.255. The summed E-state index contributed by atoms with van der Waals surface area (Å²) in [5.74, 6) is 0. The fraction of sp³-hybridized carbons (Fsp3) is 0. The molecule has 0 N–H and O–H groups in total. The van der Waals surface area contributed by atoms with E-state index >= 15 is 0 Å². The van der Waals surface area contributed by atoms with E-state index in [4.69, 9.17) is 17.6 Å². The zero-order valence-corrected chi connectivity index (χ0v) is 23.0. The van der Waals surface area contributed by atoms with Gasteiger partial charge >= 0.3 is 0 Å². The number of rotatable bonds is 6. The highest BCUT2D eigenvalue weighted by Crippen LogP contribution is 2.46. The molecule has 6 aromatic rings. The maximum Gasteiger partial charge on any atom is 0.0784 e. The largest absolute Gasteiger partial charge is 0.256 e. The van der Waals surface area contributed by atoms with Gasteiger partial charge in [0, 0.05) is 16.9 Å². The second-order valence-electron chi connectivity index (χ2n) is 9.50. The Balaban J connectivity index is 1.73. The van der Waals surface area contributed by atoms with Crippen molar-refractivity contribution in [1.29, 1.82) is 0 Å². The first-order valence-electron chi connectivity index (χ1n) is 12.7. The summed E-state index contributed by atoms with van der Waals surface area (Å²) in [6.45, 7) is -4.47. The van der Waals surface area contributed by atoms with E-state index in [1.807, 2.05) is 12.3 Å². The van der Waals surface area contributed by atoms with E-state index in [0.29, 0.717) is 0 Å². The Morgan fingerprint density at radius 3 is 1.29 bits per heavy atom. The van der Waals surface area contributed by atoms with Gasteiger partial charge in [-0.25, -0.2) is 0 Å². The molecule has 5 aromatic carbocycles. The molecule has 0 atom stereocenters. The first kappa shape index (κ1) is 24.4. The van der Waals surface area contributed by atoms with E-state index in [2.05, 4.69) is 140 Å². The standard InChI is InChI=1S/C35H29NP2/c1-37(29-17-7-3-8-18-29,30-19-9-4-10-20-30)33-26-28-16-15-25-36-35(28)34(27-33)38(2,31-21-11-5-12-22-31)32-23-13-6-14-24-32/h3-27H,1-2H2. The number of aromatic nitrogens is 1. The lowest BCUT2D eigenvalue weighted by atomic mass is 10.2. The van der Waals surface area contributed by atoms with Gasteiger partial charge in [0.2, 0.25) is 0 Å². The summed E-state index contributed by atoms with van der Waals surface area (Å²) in [5.41, 5.74) is 1.01. The van der Waals surface area contributed by atoms with Gasteiger partial charge in [0.15, 0.2) is 0 Å². The van der Waals surface area contributed by atoms with Gasteiger partial charge in [0.05, 0.1) is 5.52 Å². The van der Waals surface area contributed by atoms with E-state index in [-0.39, 0.29) is 0 Å². The van der Waals surface area contributed by atoms with Crippen molar-refractivity contribution in [3.8, 4) is 0 Å². The number of fused-ring (bicyclic) bond motifs is 1. The van der Waals surface area contributed by atoms with Gasteiger partial charge in [-0.05, 0) is 58.5 Å². The van der Waals surface area contributed by atoms with Crippen LogP contribution in [0.3, 0.4) is 0 Å². The number of hydrogen-bond donors (Lipinski definition) is 0. The van der Waals surface area contributed by atoms with Crippen LogP contribution in [0.25, 0.3) is 10.9 Å². The molecule has 0 aliphatic rings. The lowest BCUT2D eigenvalue weighted by Gasteiger charge is -2.31. The highest BCUT2D eigenvalue weighted by Gasteiger charge is 2.29. The predicted octanol–water partition coefficient (Wildman–Crippen LogP) is 5.69. The van der Waals surface area contributed by atoms with Crippen molar-refractivity contribution in [3.63, 3.8) is 0 Å². The summed E-state index contributed by atoms with van der Waals surface area (Å²) in [6, 6.07) is 51.9.